The fraction of sp³-hybridized carbons (Fsp3) is 0.381. The molecule has 1 fully saturated rings. The highest BCUT2D eigenvalue weighted by Crippen LogP contribution is 2.30. The Balaban J connectivity index is 1.59. The maximum absolute atomic E-state index is 13.0. The van der Waals surface area contributed by atoms with E-state index >= 15 is 0 Å². The van der Waals surface area contributed by atoms with Crippen molar-refractivity contribution >= 4 is 23.3 Å². The van der Waals surface area contributed by atoms with Gasteiger partial charge in [0.05, 0.1) is 24.3 Å². The number of pyridine rings is 1. The van der Waals surface area contributed by atoms with Crippen LogP contribution in [0.25, 0.3) is 0 Å². The lowest BCUT2D eigenvalue weighted by Gasteiger charge is -2.30. The van der Waals surface area contributed by atoms with Gasteiger partial charge in [0.1, 0.15) is 0 Å². The van der Waals surface area contributed by atoms with Crippen molar-refractivity contribution < 1.29 is 9.59 Å². The summed E-state index contributed by atoms with van der Waals surface area (Å²) >= 11 is 0. The predicted octanol–water partition coefficient (Wildman–Crippen LogP) is 1.82. The molecule has 2 amide bonds. The summed E-state index contributed by atoms with van der Waals surface area (Å²) in [6.45, 7) is 2.12. The van der Waals surface area contributed by atoms with Gasteiger partial charge >= 0.3 is 0 Å². The first kappa shape index (κ1) is 18.4. The minimum absolute atomic E-state index is 0.0302. The number of likely N-dealkylation sites (N-methyl/N-ethyl adjacent to an activating group) is 1. The van der Waals surface area contributed by atoms with Crippen molar-refractivity contribution in [1.82, 2.24) is 14.8 Å². The highest BCUT2D eigenvalue weighted by Gasteiger charge is 2.30. The van der Waals surface area contributed by atoms with Crippen LogP contribution in [-0.4, -0.2) is 66.4 Å². The highest BCUT2D eigenvalue weighted by atomic mass is 16.2. The zero-order valence-electron chi connectivity index (χ0n) is 16.3. The largest absolute Gasteiger partial charge is 0.359 e. The summed E-state index contributed by atoms with van der Waals surface area (Å²) in [5.41, 5.74) is 2.22. The third-order valence-corrected chi connectivity index (χ3v) is 5.48. The van der Waals surface area contributed by atoms with E-state index in [4.69, 9.17) is 0 Å². The third-order valence-electron chi connectivity index (χ3n) is 5.48. The monoisotopic (exact) mass is 379 g/mol. The van der Waals surface area contributed by atoms with Crippen molar-refractivity contribution in [2.45, 2.75) is 19.0 Å². The molecule has 0 aliphatic carbocycles. The summed E-state index contributed by atoms with van der Waals surface area (Å²) in [7, 11) is 4.08. The van der Waals surface area contributed by atoms with Crippen LogP contribution in [0.15, 0.2) is 42.6 Å². The first-order valence-electron chi connectivity index (χ1n) is 9.57. The number of likely N-dealkylation sites (tertiary alicyclic amines) is 1. The summed E-state index contributed by atoms with van der Waals surface area (Å²) in [5.74, 6) is 0.577. The van der Waals surface area contributed by atoms with E-state index in [1.807, 2.05) is 49.3 Å². The van der Waals surface area contributed by atoms with E-state index in [2.05, 4.69) is 15.2 Å². The molecule has 0 saturated carbocycles. The molecule has 2 aliphatic heterocycles. The Morgan fingerprint density at radius 2 is 2.07 bits per heavy atom. The summed E-state index contributed by atoms with van der Waals surface area (Å²) in [6.07, 6.45) is 2.57. The fourth-order valence-electron chi connectivity index (χ4n) is 3.77. The number of hydrogen-bond acceptors (Lipinski definition) is 5. The molecule has 0 radical (unpaired) electrons. The van der Waals surface area contributed by atoms with Crippen molar-refractivity contribution in [3.8, 4) is 0 Å². The van der Waals surface area contributed by atoms with Crippen LogP contribution in [0.5, 0.6) is 0 Å². The van der Waals surface area contributed by atoms with Crippen molar-refractivity contribution in [3.63, 3.8) is 0 Å². The maximum Gasteiger partial charge on any atom is 0.255 e. The highest BCUT2D eigenvalue weighted by molar-refractivity contribution is 6.04. The second kappa shape index (κ2) is 7.59. The molecular formula is C21H25N5O2. The molecule has 3 heterocycles. The van der Waals surface area contributed by atoms with Crippen LogP contribution >= 0.6 is 0 Å². The molecule has 1 aromatic heterocycles. The van der Waals surface area contributed by atoms with Crippen molar-refractivity contribution in [2.75, 3.05) is 43.9 Å². The molecule has 1 N–H and O–H groups in total. The van der Waals surface area contributed by atoms with Gasteiger partial charge < -0.3 is 20.0 Å². The Kier molecular flexibility index (Phi) is 5.00. The Bertz CT molecular complexity index is 884. The number of anilines is 2. The molecule has 0 spiro atoms. The molecule has 4 rings (SSSR count). The Morgan fingerprint density at radius 3 is 2.79 bits per heavy atom. The van der Waals surface area contributed by atoms with E-state index in [0.717, 1.165) is 18.5 Å². The van der Waals surface area contributed by atoms with Gasteiger partial charge in [-0.1, -0.05) is 30.3 Å². The summed E-state index contributed by atoms with van der Waals surface area (Å²) in [5, 5.41) is 3.05. The molecule has 7 heteroatoms. The van der Waals surface area contributed by atoms with Crippen LogP contribution in [0, 0.1) is 0 Å². The van der Waals surface area contributed by atoms with Gasteiger partial charge in [-0.3, -0.25) is 9.59 Å². The minimum atomic E-state index is -0.0309. The minimum Gasteiger partial charge on any atom is -0.359 e. The Labute approximate surface area is 164 Å². The first-order valence-corrected chi connectivity index (χ1v) is 9.57. The van der Waals surface area contributed by atoms with Gasteiger partial charge in [-0.2, -0.15) is 0 Å². The number of fused-ring (bicyclic) bond motifs is 1. The Hall–Kier alpha value is -2.93. The van der Waals surface area contributed by atoms with Crippen LogP contribution < -0.4 is 10.2 Å². The third kappa shape index (κ3) is 3.57. The van der Waals surface area contributed by atoms with Gasteiger partial charge in [-0.05, 0) is 32.1 Å². The molecule has 2 aliphatic rings. The second-order valence-electron chi connectivity index (χ2n) is 7.57. The number of rotatable bonds is 4. The second-order valence-corrected chi connectivity index (χ2v) is 7.57. The average Bonchev–Trinajstić information content (AvgIpc) is 3.21. The number of benzene rings is 1. The van der Waals surface area contributed by atoms with Gasteiger partial charge in [-0.25, -0.2) is 4.98 Å². The SMILES string of the molecule is CN(C)C1CCN(C(=O)c2cnc3c(c2)N(Cc2ccccc2)C(=O)CN3)C1. The van der Waals surface area contributed by atoms with Crippen molar-refractivity contribution in [2.24, 2.45) is 0 Å². The van der Waals surface area contributed by atoms with Gasteiger partial charge in [0.2, 0.25) is 5.91 Å². The molecule has 146 valence electrons. The lowest BCUT2D eigenvalue weighted by Crippen LogP contribution is -2.40. The molecule has 2 aromatic rings. The lowest BCUT2D eigenvalue weighted by atomic mass is 10.1. The van der Waals surface area contributed by atoms with E-state index in [-0.39, 0.29) is 18.4 Å². The molecule has 28 heavy (non-hydrogen) atoms. The molecule has 0 bridgehead atoms. The molecule has 1 aromatic carbocycles. The molecule has 1 saturated heterocycles. The summed E-state index contributed by atoms with van der Waals surface area (Å²) in [6, 6.07) is 12.0. The van der Waals surface area contributed by atoms with Crippen LogP contribution in [0.4, 0.5) is 11.5 Å². The number of carbonyl (C=O) groups excluding carboxylic acids is 2. The number of nitrogens with one attached hydrogen (secondary N) is 1. The molecule has 7 nitrogen and oxygen atoms in total. The molecule has 1 unspecified atom stereocenters. The summed E-state index contributed by atoms with van der Waals surface area (Å²) < 4.78 is 0. The van der Waals surface area contributed by atoms with Crippen LogP contribution in [0.1, 0.15) is 22.3 Å². The van der Waals surface area contributed by atoms with E-state index in [0.29, 0.717) is 36.2 Å². The van der Waals surface area contributed by atoms with Gasteiger partial charge in [0, 0.05) is 25.3 Å². The topological polar surface area (TPSA) is 68.8 Å². The van der Waals surface area contributed by atoms with Crippen LogP contribution in [-0.2, 0) is 11.3 Å². The van der Waals surface area contributed by atoms with Gasteiger partial charge in [0.15, 0.2) is 5.82 Å². The zero-order valence-corrected chi connectivity index (χ0v) is 16.3. The van der Waals surface area contributed by atoms with E-state index in [1.54, 1.807) is 17.2 Å². The van der Waals surface area contributed by atoms with E-state index in [9.17, 15) is 9.59 Å². The van der Waals surface area contributed by atoms with Crippen molar-refractivity contribution in [3.05, 3.63) is 53.7 Å². The smallest absolute Gasteiger partial charge is 0.255 e. The number of hydrogen-bond donors (Lipinski definition) is 1. The first-order chi connectivity index (χ1) is 13.5. The molecular weight excluding hydrogens is 354 g/mol. The van der Waals surface area contributed by atoms with Gasteiger partial charge in [-0.15, -0.1) is 0 Å². The van der Waals surface area contributed by atoms with Gasteiger partial charge in [0.25, 0.3) is 5.91 Å². The summed E-state index contributed by atoms with van der Waals surface area (Å²) in [4.78, 5) is 35.7. The Morgan fingerprint density at radius 1 is 1.29 bits per heavy atom. The lowest BCUT2D eigenvalue weighted by molar-refractivity contribution is -0.117. The quantitative estimate of drug-likeness (QED) is 0.878. The van der Waals surface area contributed by atoms with E-state index in [1.165, 1.54) is 0 Å². The predicted molar refractivity (Wildman–Crippen MR) is 108 cm³/mol. The van der Waals surface area contributed by atoms with Crippen LogP contribution in [0.2, 0.25) is 0 Å². The van der Waals surface area contributed by atoms with Crippen LogP contribution in [0.3, 0.4) is 0 Å². The van der Waals surface area contributed by atoms with Crippen molar-refractivity contribution in [1.29, 1.82) is 0 Å². The normalized spacial score (nSPS) is 19.0. The average molecular weight is 379 g/mol. The number of amides is 2. The number of nitrogens with zero attached hydrogens (tertiary/aromatic N) is 4. The molecule has 1 atom stereocenters. The van der Waals surface area contributed by atoms with E-state index < -0.39 is 0 Å². The fourth-order valence-corrected chi connectivity index (χ4v) is 3.77. The standard InChI is InChI=1S/C21H25N5O2/c1-24(2)17-8-9-25(14-17)21(28)16-10-18-20(22-11-16)23-12-19(27)26(18)13-15-6-4-3-5-7-15/h3-7,10-11,17H,8-9,12-14H2,1-2H3,(H,22,23). The maximum atomic E-state index is 13.0. The number of aromatic nitrogens is 1. The zero-order chi connectivity index (χ0) is 19.7. The number of carbonyl (C=O) groups is 2.